The van der Waals surface area contributed by atoms with E-state index in [0.717, 1.165) is 16.9 Å². The van der Waals surface area contributed by atoms with Crippen molar-refractivity contribution in [3.05, 3.63) is 65.7 Å². The van der Waals surface area contributed by atoms with Crippen LogP contribution in [-0.4, -0.2) is 48.2 Å². The number of amides is 1. The minimum absolute atomic E-state index is 0.0906. The third-order valence-corrected chi connectivity index (χ3v) is 4.31. The van der Waals surface area contributed by atoms with E-state index in [1.54, 1.807) is 4.90 Å². The lowest BCUT2D eigenvalue weighted by molar-refractivity contribution is -0.143. The number of carboxylic acids is 1. The zero-order valence-electron chi connectivity index (χ0n) is 14.3. The van der Waals surface area contributed by atoms with E-state index in [2.05, 4.69) is 0 Å². The molecule has 6 heteroatoms. The van der Waals surface area contributed by atoms with Crippen molar-refractivity contribution in [2.24, 2.45) is 0 Å². The van der Waals surface area contributed by atoms with E-state index < -0.39 is 11.9 Å². The molecule has 6 nitrogen and oxygen atoms in total. The van der Waals surface area contributed by atoms with Gasteiger partial charge >= 0.3 is 5.97 Å². The summed E-state index contributed by atoms with van der Waals surface area (Å²) in [6, 6.07) is 16.7. The molecule has 0 saturated carbocycles. The van der Waals surface area contributed by atoms with Crippen molar-refractivity contribution in [2.45, 2.75) is 12.5 Å². The zero-order chi connectivity index (χ0) is 18.4. The number of aliphatic carboxylic acids is 1. The highest BCUT2D eigenvalue weighted by Gasteiger charge is 2.32. The first-order chi connectivity index (χ1) is 12.6. The van der Waals surface area contributed by atoms with Crippen LogP contribution in [0.5, 0.6) is 5.75 Å². The lowest BCUT2D eigenvalue weighted by atomic mass is 9.90. The number of fused-ring (bicyclic) bond motifs is 1. The van der Waals surface area contributed by atoms with Crippen molar-refractivity contribution < 1.29 is 24.2 Å². The summed E-state index contributed by atoms with van der Waals surface area (Å²) in [4.78, 5) is 25.5. The predicted molar refractivity (Wildman–Crippen MR) is 95.0 cm³/mol. The van der Waals surface area contributed by atoms with Gasteiger partial charge in [0.05, 0.1) is 12.5 Å². The van der Waals surface area contributed by atoms with Crippen molar-refractivity contribution in [2.75, 3.05) is 26.4 Å². The standard InChI is InChI=1S/C20H21NO5/c22-19(14-25-10-11-26-16-7-2-1-3-8-16)21-12-15-6-4-5-9-17(15)18(13-21)20(23)24/h1-9,18H,10-14H2,(H,23,24). The maximum Gasteiger partial charge on any atom is 0.312 e. The Morgan fingerprint density at radius 2 is 1.77 bits per heavy atom. The van der Waals surface area contributed by atoms with Gasteiger partial charge in [-0.3, -0.25) is 9.59 Å². The summed E-state index contributed by atoms with van der Waals surface area (Å²) in [5, 5.41) is 9.45. The van der Waals surface area contributed by atoms with Gasteiger partial charge in [-0.2, -0.15) is 0 Å². The topological polar surface area (TPSA) is 76.1 Å². The summed E-state index contributed by atoms with van der Waals surface area (Å²) in [7, 11) is 0. The van der Waals surface area contributed by atoms with Gasteiger partial charge in [-0.25, -0.2) is 0 Å². The SMILES string of the molecule is O=C(O)C1CN(C(=O)COCCOc2ccccc2)Cc2ccccc21. The molecule has 0 bridgehead atoms. The van der Waals surface area contributed by atoms with Crippen LogP contribution in [-0.2, 0) is 20.9 Å². The smallest absolute Gasteiger partial charge is 0.312 e. The van der Waals surface area contributed by atoms with Crippen LogP contribution in [0.4, 0.5) is 0 Å². The summed E-state index contributed by atoms with van der Waals surface area (Å²) in [5.74, 6) is -1.10. The molecule has 0 aromatic heterocycles. The van der Waals surface area contributed by atoms with Gasteiger partial charge in [-0.1, -0.05) is 42.5 Å². The third kappa shape index (κ3) is 4.40. The number of nitrogens with zero attached hydrogens (tertiary/aromatic N) is 1. The van der Waals surface area contributed by atoms with Gasteiger partial charge in [-0.05, 0) is 23.3 Å². The van der Waals surface area contributed by atoms with Crippen LogP contribution in [0, 0.1) is 0 Å². The van der Waals surface area contributed by atoms with Gasteiger partial charge in [0.1, 0.15) is 19.0 Å². The van der Waals surface area contributed by atoms with Crippen molar-refractivity contribution in [3.8, 4) is 5.75 Å². The molecule has 0 saturated heterocycles. The fourth-order valence-corrected chi connectivity index (χ4v) is 2.99. The Bertz CT molecular complexity index is 762. The Kier molecular flexibility index (Phi) is 5.86. The highest BCUT2D eigenvalue weighted by molar-refractivity contribution is 5.82. The van der Waals surface area contributed by atoms with Crippen LogP contribution in [0.2, 0.25) is 0 Å². The van der Waals surface area contributed by atoms with Gasteiger partial charge in [0.15, 0.2) is 0 Å². The molecule has 0 aliphatic carbocycles. The highest BCUT2D eigenvalue weighted by Crippen LogP contribution is 2.28. The highest BCUT2D eigenvalue weighted by atomic mass is 16.5. The fourth-order valence-electron chi connectivity index (χ4n) is 2.99. The van der Waals surface area contributed by atoms with Crippen LogP contribution in [0.15, 0.2) is 54.6 Å². The van der Waals surface area contributed by atoms with E-state index in [1.165, 1.54) is 0 Å². The molecule has 136 valence electrons. The third-order valence-electron chi connectivity index (χ3n) is 4.31. The number of carbonyl (C=O) groups excluding carboxylic acids is 1. The van der Waals surface area contributed by atoms with Gasteiger partial charge in [0.25, 0.3) is 0 Å². The van der Waals surface area contributed by atoms with Crippen LogP contribution >= 0.6 is 0 Å². The molecule has 1 unspecified atom stereocenters. The Hall–Kier alpha value is -2.86. The summed E-state index contributed by atoms with van der Waals surface area (Å²) in [6.07, 6.45) is 0. The molecule has 3 rings (SSSR count). The van der Waals surface area contributed by atoms with Gasteiger partial charge in [0, 0.05) is 13.1 Å². The first-order valence-electron chi connectivity index (χ1n) is 8.49. The van der Waals surface area contributed by atoms with Crippen molar-refractivity contribution in [1.29, 1.82) is 0 Å². The van der Waals surface area contributed by atoms with Crippen LogP contribution in [0.3, 0.4) is 0 Å². The summed E-state index contributed by atoms with van der Waals surface area (Å²) >= 11 is 0. The summed E-state index contributed by atoms with van der Waals surface area (Å²) in [6.45, 7) is 1.11. The largest absolute Gasteiger partial charge is 0.491 e. The molecular formula is C20H21NO5. The molecule has 1 aliphatic rings. The molecule has 1 N–H and O–H groups in total. The lowest BCUT2D eigenvalue weighted by Crippen LogP contribution is -2.42. The first-order valence-corrected chi connectivity index (χ1v) is 8.49. The van der Waals surface area contributed by atoms with Crippen LogP contribution in [0.1, 0.15) is 17.0 Å². The van der Waals surface area contributed by atoms with Crippen molar-refractivity contribution in [1.82, 2.24) is 4.90 Å². The molecule has 2 aromatic carbocycles. The Balaban J connectivity index is 1.48. The molecule has 0 fully saturated rings. The fraction of sp³-hybridized carbons (Fsp3) is 0.300. The summed E-state index contributed by atoms with van der Waals surface area (Å²) in [5.41, 5.74) is 1.65. The molecule has 1 aliphatic heterocycles. The second-order valence-corrected chi connectivity index (χ2v) is 6.08. The zero-order valence-corrected chi connectivity index (χ0v) is 14.3. The maximum atomic E-state index is 12.4. The van der Waals surface area contributed by atoms with Gasteiger partial charge in [-0.15, -0.1) is 0 Å². The second kappa shape index (κ2) is 8.49. The molecule has 2 aromatic rings. The number of rotatable bonds is 7. The van der Waals surface area contributed by atoms with E-state index in [-0.39, 0.29) is 25.7 Å². The second-order valence-electron chi connectivity index (χ2n) is 6.08. The van der Waals surface area contributed by atoms with E-state index in [0.29, 0.717) is 13.2 Å². The van der Waals surface area contributed by atoms with Gasteiger partial charge in [0.2, 0.25) is 5.91 Å². The normalized spacial score (nSPS) is 16.0. The van der Waals surface area contributed by atoms with E-state index in [1.807, 2.05) is 54.6 Å². The number of ether oxygens (including phenoxy) is 2. The number of hydrogen-bond donors (Lipinski definition) is 1. The number of carbonyl (C=O) groups is 2. The van der Waals surface area contributed by atoms with Crippen LogP contribution < -0.4 is 4.74 Å². The van der Waals surface area contributed by atoms with E-state index >= 15 is 0 Å². The molecular weight excluding hydrogens is 334 g/mol. The number of benzene rings is 2. The van der Waals surface area contributed by atoms with Crippen molar-refractivity contribution >= 4 is 11.9 Å². The maximum absolute atomic E-state index is 12.4. The molecule has 0 spiro atoms. The molecule has 26 heavy (non-hydrogen) atoms. The number of para-hydroxylation sites is 1. The van der Waals surface area contributed by atoms with Crippen molar-refractivity contribution in [3.63, 3.8) is 0 Å². The minimum atomic E-state index is -0.924. The lowest BCUT2D eigenvalue weighted by Gasteiger charge is -2.32. The first kappa shape index (κ1) is 17.9. The molecule has 0 radical (unpaired) electrons. The minimum Gasteiger partial charge on any atom is -0.491 e. The average Bonchev–Trinajstić information content (AvgIpc) is 2.67. The average molecular weight is 355 g/mol. The Morgan fingerprint density at radius 1 is 1.04 bits per heavy atom. The predicted octanol–water partition coefficient (Wildman–Crippen LogP) is 2.29. The van der Waals surface area contributed by atoms with E-state index in [9.17, 15) is 14.7 Å². The Morgan fingerprint density at radius 3 is 2.54 bits per heavy atom. The Labute approximate surface area is 152 Å². The monoisotopic (exact) mass is 355 g/mol. The number of hydrogen-bond acceptors (Lipinski definition) is 4. The summed E-state index contributed by atoms with van der Waals surface area (Å²) < 4.78 is 10.9. The number of carboxylic acid groups (broad SMARTS) is 1. The quantitative estimate of drug-likeness (QED) is 0.771. The molecule has 1 amide bonds. The van der Waals surface area contributed by atoms with Gasteiger partial charge < -0.3 is 19.5 Å². The van der Waals surface area contributed by atoms with Crippen LogP contribution in [0.25, 0.3) is 0 Å². The molecule has 1 atom stereocenters. The van der Waals surface area contributed by atoms with E-state index in [4.69, 9.17) is 9.47 Å². The molecule has 1 heterocycles.